The molecule has 1 aliphatic rings. The van der Waals surface area contributed by atoms with Crippen LogP contribution in [0.1, 0.15) is 11.1 Å². The molecular formula is C20H21Bi4Zr. The minimum absolute atomic E-state index is 0. The third-order valence-electron chi connectivity index (χ3n) is 2.91. The van der Waals surface area contributed by atoms with Crippen molar-refractivity contribution in [2.45, 2.75) is 12.8 Å². The van der Waals surface area contributed by atoms with Crippen molar-refractivity contribution in [3.05, 3.63) is 86.9 Å². The molecule has 0 saturated carbocycles. The van der Waals surface area contributed by atoms with Crippen molar-refractivity contribution in [2.24, 2.45) is 0 Å². The molecule has 0 aliphatic carbocycles. The van der Waals surface area contributed by atoms with Crippen LogP contribution in [0.3, 0.4) is 0 Å². The Hall–Kier alpha value is 2.08. The van der Waals surface area contributed by atoms with Gasteiger partial charge in [-0.25, -0.2) is 0 Å². The molecule has 0 aromatic heterocycles. The van der Waals surface area contributed by atoms with Crippen molar-refractivity contribution in [1.29, 1.82) is 0 Å². The van der Waals surface area contributed by atoms with E-state index in [1.54, 1.807) is 0 Å². The van der Waals surface area contributed by atoms with Crippen molar-refractivity contribution in [3.63, 3.8) is 0 Å². The number of hydrogen-bond donors (Lipinski definition) is 0. The Morgan fingerprint density at radius 3 is 1.76 bits per heavy atom. The van der Waals surface area contributed by atoms with Gasteiger partial charge in [-0.2, -0.15) is 0 Å². The average Bonchev–Trinajstić information content (AvgIpc) is 3.23. The molecule has 0 unspecified atom stereocenters. The van der Waals surface area contributed by atoms with Crippen LogP contribution in [0.4, 0.5) is 0 Å². The second kappa shape index (κ2) is 20.8. The van der Waals surface area contributed by atoms with E-state index in [1.165, 1.54) is 35.8 Å². The fourth-order valence-electron chi connectivity index (χ4n) is 1.81. The molecule has 0 saturated heterocycles. The Morgan fingerprint density at radius 2 is 1.52 bits per heavy atom. The Labute approximate surface area is 221 Å². The fraction of sp³-hybridized carbons (Fsp3) is 0.100. The number of benzene rings is 2. The molecule has 0 nitrogen and oxygen atoms in total. The second-order valence-electron chi connectivity index (χ2n) is 4.64. The van der Waals surface area contributed by atoms with Crippen molar-refractivity contribution >= 4 is 99.1 Å². The first-order chi connectivity index (χ1) is 11.9. The van der Waals surface area contributed by atoms with E-state index in [0.29, 0.717) is 0 Å². The van der Waals surface area contributed by atoms with Gasteiger partial charge in [0.1, 0.15) is 0 Å². The number of rotatable bonds is 4. The van der Waals surface area contributed by atoms with Gasteiger partial charge in [-0.05, 0) is 24.0 Å². The maximum absolute atomic E-state index is 5.26. The molecule has 1 radical (unpaired) electrons. The van der Waals surface area contributed by atoms with Crippen LogP contribution in [0.2, 0.25) is 0 Å². The average molecular weight is 1190 g/mol. The summed E-state index contributed by atoms with van der Waals surface area (Å²) in [6, 6.07) is 21.2. The molecule has 2 aromatic rings. The summed E-state index contributed by atoms with van der Waals surface area (Å²) < 4.78 is 17.8. The van der Waals surface area contributed by atoms with Crippen molar-refractivity contribution < 1.29 is 26.2 Å². The van der Waals surface area contributed by atoms with Gasteiger partial charge in [0.15, 0.2) is 0 Å². The SMILES string of the molecule is [C-]1=[Bi][CH]=[CH][BiH]1.[CH-]=[Bi][CH]=[CH][BiH].[Zr+2].c1ccc(CCc2ccccc2)cc1. The summed E-state index contributed by atoms with van der Waals surface area (Å²) in [5, 5.41) is 0. The smallest absolute Gasteiger partial charge is 0.0622 e. The predicted molar refractivity (Wildman–Crippen MR) is 115 cm³/mol. The largest absolute Gasteiger partial charge is 2.00 e. The van der Waals surface area contributed by atoms with E-state index < -0.39 is 22.8 Å². The molecule has 0 bridgehead atoms. The van der Waals surface area contributed by atoms with Gasteiger partial charge in [0.05, 0.1) is 0 Å². The van der Waals surface area contributed by atoms with E-state index in [-0.39, 0.29) is 72.2 Å². The molecule has 1 heterocycles. The summed E-state index contributed by atoms with van der Waals surface area (Å²) in [5.74, 6) is 0. The van der Waals surface area contributed by atoms with Gasteiger partial charge in [0, 0.05) is 0 Å². The van der Waals surface area contributed by atoms with E-state index in [4.69, 9.17) is 4.21 Å². The first-order valence-corrected chi connectivity index (χ1v) is 21.7. The second-order valence-corrected chi connectivity index (χ2v) is 21.3. The van der Waals surface area contributed by atoms with Gasteiger partial charge in [-0.3, -0.25) is 0 Å². The van der Waals surface area contributed by atoms with E-state index in [1.807, 2.05) is 0 Å². The number of aryl methyl sites for hydroxylation is 2. The molecule has 0 N–H and O–H groups in total. The third-order valence-corrected chi connectivity index (χ3v) is 25.9. The zero-order valence-electron chi connectivity index (χ0n) is 14.0. The van der Waals surface area contributed by atoms with Crippen LogP contribution in [-0.2, 0) is 39.0 Å². The van der Waals surface area contributed by atoms with Crippen LogP contribution in [0.25, 0.3) is 0 Å². The normalized spacial score (nSPS) is 10.9. The monoisotopic (exact) mass is 1190 g/mol. The molecule has 0 fully saturated rings. The Morgan fingerprint density at radius 1 is 1.00 bits per heavy atom. The van der Waals surface area contributed by atoms with Gasteiger partial charge >= 0.3 is 140 Å². The summed E-state index contributed by atoms with van der Waals surface area (Å²) in [7, 11) is 0. The van der Waals surface area contributed by atoms with Gasteiger partial charge in [-0.15, -0.1) is 0 Å². The summed E-state index contributed by atoms with van der Waals surface area (Å²) in [5.41, 5.74) is 2.83. The van der Waals surface area contributed by atoms with Gasteiger partial charge in [0.2, 0.25) is 0 Å². The van der Waals surface area contributed by atoms with Crippen molar-refractivity contribution in [2.75, 3.05) is 0 Å². The molecule has 125 valence electrons. The Balaban J connectivity index is 0.000000435. The maximum Gasteiger partial charge on any atom is 2.00 e. The molecule has 1 aliphatic heterocycles. The van der Waals surface area contributed by atoms with E-state index >= 15 is 0 Å². The van der Waals surface area contributed by atoms with E-state index in [2.05, 4.69) is 77.2 Å². The quantitative estimate of drug-likeness (QED) is 0.326. The minimum atomic E-state index is -0.511. The van der Waals surface area contributed by atoms with E-state index in [9.17, 15) is 0 Å². The third kappa shape index (κ3) is 16.7. The number of hydrogen-bond acceptors (Lipinski definition) is 0. The van der Waals surface area contributed by atoms with Gasteiger partial charge in [0.25, 0.3) is 0 Å². The maximum atomic E-state index is 5.26. The molecule has 0 atom stereocenters. The molecule has 0 spiro atoms. The molecule has 0 amide bonds. The Kier molecular flexibility index (Phi) is 22.5. The summed E-state index contributed by atoms with van der Waals surface area (Å²) >= 11 is 0.395. The Bertz CT molecular complexity index is 585. The van der Waals surface area contributed by atoms with Crippen LogP contribution >= 0.6 is 0 Å². The molecule has 3 rings (SSSR count). The van der Waals surface area contributed by atoms with Crippen molar-refractivity contribution in [3.8, 4) is 0 Å². The molecular weight excluding hydrogens is 1170 g/mol. The summed E-state index contributed by atoms with van der Waals surface area (Å²) in [6.07, 6.45) is 2.26. The zero-order valence-corrected chi connectivity index (χ0v) is 31.2. The van der Waals surface area contributed by atoms with Gasteiger partial charge < -0.3 is 0 Å². The van der Waals surface area contributed by atoms with Crippen LogP contribution in [0, 0.1) is 0 Å². The molecule has 25 heavy (non-hydrogen) atoms. The summed E-state index contributed by atoms with van der Waals surface area (Å²) in [4.78, 5) is 0. The van der Waals surface area contributed by atoms with Crippen LogP contribution < -0.4 is 0 Å². The molecule has 2 aromatic carbocycles. The van der Waals surface area contributed by atoms with Crippen LogP contribution in [-0.4, -0.2) is 99.1 Å². The minimum Gasteiger partial charge on any atom is -0.0622 e. The standard InChI is InChI=1S/C14H14.2C2H2.CH.C.4Bi.Zr.2H/c1-3-7-13(8-4-1)11-12-14-9-5-2-6-10-14;2*1-2;;;;;;;;;/h1-10H,11-12H2;2*1-2H;1H;;;;;;;;/q;;;2*-1;;;;;+2;;. The van der Waals surface area contributed by atoms with Gasteiger partial charge in [-0.1, -0.05) is 60.7 Å². The zero-order chi connectivity index (χ0) is 17.3. The van der Waals surface area contributed by atoms with Crippen LogP contribution in [0.15, 0.2) is 75.8 Å². The first kappa shape index (κ1) is 27.1. The molecule has 5 heteroatoms. The fourth-order valence-corrected chi connectivity index (χ4v) is 19.2. The van der Waals surface area contributed by atoms with Crippen molar-refractivity contribution in [1.82, 2.24) is 0 Å². The first-order valence-electron chi connectivity index (χ1n) is 7.52. The topological polar surface area (TPSA) is 0 Å². The van der Waals surface area contributed by atoms with E-state index in [0.717, 1.165) is 12.8 Å². The van der Waals surface area contributed by atoms with Crippen LogP contribution in [0.5, 0.6) is 0 Å². The summed E-state index contributed by atoms with van der Waals surface area (Å²) in [6.45, 7) is 0. The predicted octanol–water partition coefficient (Wildman–Crippen LogP) is 2.09.